The van der Waals surface area contributed by atoms with Crippen LogP contribution >= 0.6 is 0 Å². The molecule has 2 heterocycles. The maximum Gasteiger partial charge on any atom is 0.220 e. The van der Waals surface area contributed by atoms with Crippen LogP contribution in [0.5, 0.6) is 0 Å². The van der Waals surface area contributed by atoms with Crippen molar-refractivity contribution >= 4 is 16.9 Å². The van der Waals surface area contributed by atoms with Crippen LogP contribution in [0.3, 0.4) is 0 Å². The maximum atomic E-state index is 11.2. The number of benzene rings is 1. The second kappa shape index (κ2) is 6.48. The maximum absolute atomic E-state index is 11.2. The Morgan fingerprint density at radius 2 is 2.27 bits per heavy atom. The van der Waals surface area contributed by atoms with Crippen molar-refractivity contribution in [2.24, 2.45) is 0 Å². The van der Waals surface area contributed by atoms with Crippen LogP contribution in [0.2, 0.25) is 0 Å². The fraction of sp³-hybridized carbons (Fsp3) is 0.529. The van der Waals surface area contributed by atoms with E-state index in [0.29, 0.717) is 18.5 Å². The van der Waals surface area contributed by atoms with Crippen LogP contribution in [0.15, 0.2) is 24.3 Å². The average molecular weight is 300 g/mol. The standard InChI is InChI=1S/C17H24N4O/c1-12(11-14-7-8-17(22)20-14)18-9-10-21-13(2)19-15-5-3-4-6-16(15)21/h3-6,12,14,18H,7-11H2,1-2H3,(H,20,22)/t12-,14-/m0/s1. The minimum absolute atomic E-state index is 0.192. The number of amides is 1. The Morgan fingerprint density at radius 1 is 1.45 bits per heavy atom. The van der Waals surface area contributed by atoms with Crippen LogP contribution in [0.1, 0.15) is 32.0 Å². The number of aromatic nitrogens is 2. The number of aryl methyl sites for hydroxylation is 1. The van der Waals surface area contributed by atoms with E-state index in [2.05, 4.69) is 52.2 Å². The molecule has 1 amide bonds. The topological polar surface area (TPSA) is 59.0 Å². The molecule has 1 saturated heterocycles. The number of fused-ring (bicyclic) bond motifs is 1. The molecule has 1 fully saturated rings. The molecule has 1 aliphatic rings. The van der Waals surface area contributed by atoms with Gasteiger partial charge in [0.25, 0.3) is 0 Å². The number of rotatable bonds is 6. The third-order valence-corrected chi connectivity index (χ3v) is 4.40. The lowest BCUT2D eigenvalue weighted by molar-refractivity contribution is -0.119. The Hall–Kier alpha value is -1.88. The van der Waals surface area contributed by atoms with Crippen molar-refractivity contribution in [3.63, 3.8) is 0 Å². The Balaban J connectivity index is 1.51. The smallest absolute Gasteiger partial charge is 0.220 e. The molecule has 0 spiro atoms. The van der Waals surface area contributed by atoms with Gasteiger partial charge < -0.3 is 15.2 Å². The van der Waals surface area contributed by atoms with Crippen LogP contribution in [-0.4, -0.2) is 34.1 Å². The van der Waals surface area contributed by atoms with Gasteiger partial charge in [-0.2, -0.15) is 0 Å². The zero-order chi connectivity index (χ0) is 15.5. The van der Waals surface area contributed by atoms with Crippen LogP contribution in [-0.2, 0) is 11.3 Å². The molecule has 0 saturated carbocycles. The number of hydrogen-bond donors (Lipinski definition) is 2. The van der Waals surface area contributed by atoms with E-state index in [0.717, 1.165) is 37.3 Å². The van der Waals surface area contributed by atoms with Gasteiger partial charge in [-0.25, -0.2) is 4.98 Å². The summed E-state index contributed by atoms with van der Waals surface area (Å²) in [5, 5.41) is 6.58. The zero-order valence-electron chi connectivity index (χ0n) is 13.3. The minimum atomic E-state index is 0.192. The highest BCUT2D eigenvalue weighted by Crippen LogP contribution is 2.15. The quantitative estimate of drug-likeness (QED) is 0.858. The summed E-state index contributed by atoms with van der Waals surface area (Å²) < 4.78 is 2.26. The second-order valence-corrected chi connectivity index (χ2v) is 6.19. The summed E-state index contributed by atoms with van der Waals surface area (Å²) in [7, 11) is 0. The fourth-order valence-corrected chi connectivity index (χ4v) is 3.27. The van der Waals surface area contributed by atoms with E-state index >= 15 is 0 Å². The molecule has 5 nitrogen and oxygen atoms in total. The molecule has 2 atom stereocenters. The van der Waals surface area contributed by atoms with Gasteiger partial charge in [0.2, 0.25) is 5.91 Å². The minimum Gasteiger partial charge on any atom is -0.353 e. The summed E-state index contributed by atoms with van der Waals surface area (Å²) in [6.07, 6.45) is 2.64. The van der Waals surface area contributed by atoms with Crippen LogP contribution in [0.25, 0.3) is 11.0 Å². The van der Waals surface area contributed by atoms with Crippen LogP contribution < -0.4 is 10.6 Å². The monoisotopic (exact) mass is 300 g/mol. The van der Waals surface area contributed by atoms with Gasteiger partial charge in [-0.1, -0.05) is 12.1 Å². The van der Waals surface area contributed by atoms with E-state index in [4.69, 9.17) is 0 Å². The van der Waals surface area contributed by atoms with E-state index in [1.807, 2.05) is 6.07 Å². The summed E-state index contributed by atoms with van der Waals surface area (Å²) in [5.41, 5.74) is 2.25. The summed E-state index contributed by atoms with van der Waals surface area (Å²) in [6.45, 7) is 6.05. The SMILES string of the molecule is Cc1nc2ccccc2n1CCN[C@@H](C)C[C@@H]1CCC(=O)N1. The molecule has 0 radical (unpaired) electrons. The number of hydrogen-bond acceptors (Lipinski definition) is 3. The molecule has 0 bridgehead atoms. The molecule has 1 aliphatic heterocycles. The lowest BCUT2D eigenvalue weighted by Gasteiger charge is -2.18. The number of para-hydroxylation sites is 2. The molecular formula is C17H24N4O. The number of carbonyl (C=O) groups is 1. The number of nitrogens with one attached hydrogen (secondary N) is 2. The average Bonchev–Trinajstić information content (AvgIpc) is 3.03. The molecule has 0 unspecified atom stereocenters. The summed E-state index contributed by atoms with van der Waals surface area (Å²) >= 11 is 0. The Morgan fingerprint density at radius 3 is 3.05 bits per heavy atom. The molecule has 0 aliphatic carbocycles. The van der Waals surface area contributed by atoms with Crippen molar-refractivity contribution in [1.82, 2.24) is 20.2 Å². The van der Waals surface area contributed by atoms with Gasteiger partial charge in [0.15, 0.2) is 0 Å². The van der Waals surface area contributed by atoms with E-state index < -0.39 is 0 Å². The van der Waals surface area contributed by atoms with Gasteiger partial charge >= 0.3 is 0 Å². The molecular weight excluding hydrogens is 276 g/mol. The first-order valence-electron chi connectivity index (χ1n) is 8.08. The largest absolute Gasteiger partial charge is 0.353 e. The van der Waals surface area contributed by atoms with Gasteiger partial charge in [0, 0.05) is 31.6 Å². The Labute approximate surface area is 131 Å². The predicted molar refractivity (Wildman–Crippen MR) is 87.7 cm³/mol. The van der Waals surface area contributed by atoms with Crippen LogP contribution in [0, 0.1) is 6.92 Å². The van der Waals surface area contributed by atoms with Gasteiger partial charge in [-0.15, -0.1) is 0 Å². The van der Waals surface area contributed by atoms with Crippen molar-refractivity contribution in [2.45, 2.75) is 51.7 Å². The van der Waals surface area contributed by atoms with E-state index in [9.17, 15) is 4.79 Å². The zero-order valence-corrected chi connectivity index (χ0v) is 13.3. The fourth-order valence-electron chi connectivity index (χ4n) is 3.27. The molecule has 3 rings (SSSR count). The van der Waals surface area contributed by atoms with Gasteiger partial charge in [-0.05, 0) is 38.8 Å². The summed E-state index contributed by atoms with van der Waals surface area (Å²) in [4.78, 5) is 15.8. The molecule has 2 aromatic rings. The molecule has 118 valence electrons. The molecule has 1 aromatic heterocycles. The Kier molecular flexibility index (Phi) is 4.43. The van der Waals surface area contributed by atoms with Crippen LogP contribution in [0.4, 0.5) is 0 Å². The second-order valence-electron chi connectivity index (χ2n) is 6.19. The van der Waals surface area contributed by atoms with E-state index in [1.165, 1.54) is 5.52 Å². The van der Waals surface area contributed by atoms with Crippen molar-refractivity contribution in [3.8, 4) is 0 Å². The molecule has 5 heteroatoms. The van der Waals surface area contributed by atoms with Crippen molar-refractivity contribution in [1.29, 1.82) is 0 Å². The molecule has 22 heavy (non-hydrogen) atoms. The van der Waals surface area contributed by atoms with E-state index in [-0.39, 0.29) is 5.91 Å². The molecule has 2 N–H and O–H groups in total. The highest BCUT2D eigenvalue weighted by atomic mass is 16.1. The first kappa shape index (κ1) is 15.0. The van der Waals surface area contributed by atoms with E-state index in [1.54, 1.807) is 0 Å². The number of imidazole rings is 1. The first-order chi connectivity index (χ1) is 10.6. The summed E-state index contributed by atoms with van der Waals surface area (Å²) in [6, 6.07) is 8.99. The Bertz CT molecular complexity index is 664. The van der Waals surface area contributed by atoms with Crippen molar-refractivity contribution in [3.05, 3.63) is 30.1 Å². The lowest BCUT2D eigenvalue weighted by atomic mass is 10.1. The lowest BCUT2D eigenvalue weighted by Crippen LogP contribution is -2.36. The van der Waals surface area contributed by atoms with Gasteiger partial charge in [0.1, 0.15) is 5.82 Å². The normalized spacial score (nSPS) is 19.5. The number of nitrogens with zero attached hydrogens (tertiary/aromatic N) is 2. The van der Waals surface area contributed by atoms with Crippen molar-refractivity contribution < 1.29 is 4.79 Å². The molecule has 1 aromatic carbocycles. The highest BCUT2D eigenvalue weighted by molar-refractivity contribution is 5.78. The van der Waals surface area contributed by atoms with Gasteiger partial charge in [-0.3, -0.25) is 4.79 Å². The third-order valence-electron chi connectivity index (χ3n) is 4.40. The highest BCUT2D eigenvalue weighted by Gasteiger charge is 2.22. The number of carbonyl (C=O) groups excluding carboxylic acids is 1. The predicted octanol–water partition coefficient (Wildman–Crippen LogP) is 1.99. The van der Waals surface area contributed by atoms with Gasteiger partial charge in [0.05, 0.1) is 11.0 Å². The third kappa shape index (κ3) is 3.30. The first-order valence-corrected chi connectivity index (χ1v) is 8.08. The summed E-state index contributed by atoms with van der Waals surface area (Å²) in [5.74, 6) is 1.25. The van der Waals surface area contributed by atoms with Crippen molar-refractivity contribution in [2.75, 3.05) is 6.54 Å².